The Morgan fingerprint density at radius 1 is 1.43 bits per heavy atom. The average molecular weight is 312 g/mol. The van der Waals surface area contributed by atoms with Crippen LogP contribution in [-0.4, -0.2) is 48.8 Å². The molecule has 1 fully saturated rings. The number of hydrogen-bond donors (Lipinski definition) is 2. The fourth-order valence-corrected chi connectivity index (χ4v) is 2.73. The molecule has 0 bridgehead atoms. The molecule has 0 spiro atoms. The van der Waals surface area contributed by atoms with Crippen LogP contribution >= 0.6 is 11.3 Å². The Balaban J connectivity index is 1.71. The van der Waals surface area contributed by atoms with Gasteiger partial charge in [0.05, 0.1) is 25.5 Å². The Labute approximate surface area is 129 Å². The van der Waals surface area contributed by atoms with Crippen LogP contribution in [0.25, 0.3) is 0 Å². The summed E-state index contributed by atoms with van der Waals surface area (Å²) in [5, 5.41) is 8.68. The van der Waals surface area contributed by atoms with Crippen molar-refractivity contribution in [2.24, 2.45) is 5.92 Å². The summed E-state index contributed by atoms with van der Waals surface area (Å²) in [4.78, 5) is 18.5. The highest BCUT2D eigenvalue weighted by Crippen LogP contribution is 2.12. The van der Waals surface area contributed by atoms with Gasteiger partial charge in [-0.3, -0.25) is 4.90 Å². The molecule has 0 atom stereocenters. The lowest BCUT2D eigenvalue weighted by atomic mass is 10.2. The number of carbonyl (C=O) groups excluding carboxylic acids is 1. The molecule has 1 aromatic rings. The number of urea groups is 1. The summed E-state index contributed by atoms with van der Waals surface area (Å²) in [5.74, 6) is 0.454. The zero-order valence-electron chi connectivity index (χ0n) is 12.7. The van der Waals surface area contributed by atoms with Gasteiger partial charge in [0.15, 0.2) is 0 Å². The molecule has 1 saturated heterocycles. The van der Waals surface area contributed by atoms with E-state index in [0.29, 0.717) is 19.0 Å². The van der Waals surface area contributed by atoms with E-state index < -0.39 is 0 Å². The van der Waals surface area contributed by atoms with E-state index in [1.807, 2.05) is 0 Å². The third kappa shape index (κ3) is 5.99. The largest absolute Gasteiger partial charge is 0.379 e. The van der Waals surface area contributed by atoms with E-state index in [2.05, 4.69) is 39.7 Å². The van der Waals surface area contributed by atoms with E-state index in [4.69, 9.17) is 4.74 Å². The monoisotopic (exact) mass is 312 g/mol. The van der Waals surface area contributed by atoms with Crippen LogP contribution in [0.1, 0.15) is 24.5 Å². The quantitative estimate of drug-likeness (QED) is 0.834. The molecule has 0 saturated carbocycles. The number of ether oxygens (including phenoxy) is 1. The number of rotatable bonds is 6. The first-order valence-electron chi connectivity index (χ1n) is 7.38. The molecule has 2 rings (SSSR count). The van der Waals surface area contributed by atoms with Crippen LogP contribution in [0.3, 0.4) is 0 Å². The lowest BCUT2D eigenvalue weighted by molar-refractivity contribution is 0.0337. The van der Waals surface area contributed by atoms with Gasteiger partial charge in [0, 0.05) is 31.6 Å². The van der Waals surface area contributed by atoms with E-state index in [1.54, 1.807) is 11.3 Å². The van der Waals surface area contributed by atoms with Crippen molar-refractivity contribution in [2.75, 3.05) is 32.8 Å². The van der Waals surface area contributed by atoms with Gasteiger partial charge in [-0.1, -0.05) is 13.8 Å². The minimum Gasteiger partial charge on any atom is -0.379 e. The summed E-state index contributed by atoms with van der Waals surface area (Å²) in [7, 11) is 0. The van der Waals surface area contributed by atoms with Gasteiger partial charge in [-0.15, -0.1) is 11.3 Å². The van der Waals surface area contributed by atoms with Crippen molar-refractivity contribution in [3.63, 3.8) is 0 Å². The van der Waals surface area contributed by atoms with Gasteiger partial charge >= 0.3 is 6.03 Å². The van der Waals surface area contributed by atoms with Gasteiger partial charge < -0.3 is 15.4 Å². The van der Waals surface area contributed by atoms with E-state index in [-0.39, 0.29) is 6.03 Å². The number of hydrogen-bond acceptors (Lipinski definition) is 5. The van der Waals surface area contributed by atoms with Gasteiger partial charge in [0.2, 0.25) is 0 Å². The molecule has 0 radical (unpaired) electrons. The maximum atomic E-state index is 11.6. The van der Waals surface area contributed by atoms with E-state index in [9.17, 15) is 4.79 Å². The van der Waals surface area contributed by atoms with Crippen molar-refractivity contribution >= 4 is 17.4 Å². The smallest absolute Gasteiger partial charge is 0.315 e. The second-order valence-corrected chi connectivity index (χ2v) is 6.52. The lowest BCUT2D eigenvalue weighted by Gasteiger charge is -2.25. The molecule has 21 heavy (non-hydrogen) atoms. The topological polar surface area (TPSA) is 66.5 Å². The predicted octanol–water partition coefficient (Wildman–Crippen LogP) is 1.43. The van der Waals surface area contributed by atoms with Crippen LogP contribution in [0.15, 0.2) is 5.38 Å². The first-order chi connectivity index (χ1) is 10.1. The zero-order chi connectivity index (χ0) is 15.1. The summed E-state index contributed by atoms with van der Waals surface area (Å²) in [6.07, 6.45) is 0. The van der Waals surface area contributed by atoms with Crippen LogP contribution in [0.5, 0.6) is 0 Å². The number of carbonyl (C=O) groups is 1. The number of nitrogens with one attached hydrogen (secondary N) is 2. The fraction of sp³-hybridized carbons (Fsp3) is 0.714. The van der Waals surface area contributed by atoms with Gasteiger partial charge in [-0.25, -0.2) is 9.78 Å². The second-order valence-electron chi connectivity index (χ2n) is 5.58. The van der Waals surface area contributed by atoms with Crippen LogP contribution in [0.4, 0.5) is 4.79 Å². The number of thiazole rings is 1. The third-order valence-corrected chi connectivity index (χ3v) is 4.06. The Morgan fingerprint density at radius 3 is 2.90 bits per heavy atom. The predicted molar refractivity (Wildman–Crippen MR) is 83.3 cm³/mol. The molecule has 7 heteroatoms. The number of amides is 2. The second kappa shape index (κ2) is 8.31. The molecule has 2 N–H and O–H groups in total. The van der Waals surface area contributed by atoms with Gasteiger partial charge in [-0.2, -0.15) is 0 Å². The van der Waals surface area contributed by atoms with Crippen molar-refractivity contribution in [1.82, 2.24) is 20.5 Å². The van der Waals surface area contributed by atoms with Crippen molar-refractivity contribution in [1.29, 1.82) is 0 Å². The summed E-state index contributed by atoms with van der Waals surface area (Å²) >= 11 is 1.59. The Kier molecular flexibility index (Phi) is 6.41. The SMILES string of the molecule is CC(C)CNC(=O)NCc1nc(CN2CCOCC2)cs1. The standard InChI is InChI=1S/C14H24N4O2S/c1-11(2)7-15-14(19)16-8-13-17-12(10-21-13)9-18-3-5-20-6-4-18/h10-11H,3-9H2,1-2H3,(H2,15,16,19). The summed E-state index contributed by atoms with van der Waals surface area (Å²) in [6.45, 7) is 9.69. The van der Waals surface area contributed by atoms with Crippen molar-refractivity contribution in [2.45, 2.75) is 26.9 Å². The van der Waals surface area contributed by atoms with E-state index in [0.717, 1.165) is 43.5 Å². The van der Waals surface area contributed by atoms with Gasteiger partial charge in [0.1, 0.15) is 5.01 Å². The van der Waals surface area contributed by atoms with Gasteiger partial charge in [-0.05, 0) is 5.92 Å². The Hall–Kier alpha value is -1.18. The normalized spacial score (nSPS) is 16.1. The average Bonchev–Trinajstić information content (AvgIpc) is 2.91. The number of morpholine rings is 1. The van der Waals surface area contributed by atoms with E-state index in [1.165, 1.54) is 0 Å². The molecular weight excluding hydrogens is 288 g/mol. The first-order valence-corrected chi connectivity index (χ1v) is 8.26. The maximum Gasteiger partial charge on any atom is 0.315 e. The number of nitrogens with zero attached hydrogens (tertiary/aromatic N) is 2. The highest BCUT2D eigenvalue weighted by molar-refractivity contribution is 7.09. The molecule has 0 aromatic carbocycles. The fourth-order valence-electron chi connectivity index (χ4n) is 2.01. The molecule has 1 aliphatic heterocycles. The molecule has 0 unspecified atom stereocenters. The highest BCUT2D eigenvalue weighted by atomic mass is 32.1. The first kappa shape index (κ1) is 16.2. The molecule has 6 nitrogen and oxygen atoms in total. The minimum atomic E-state index is -0.131. The molecule has 2 heterocycles. The summed E-state index contributed by atoms with van der Waals surface area (Å²) in [6, 6.07) is -0.131. The number of aromatic nitrogens is 1. The molecule has 1 aliphatic rings. The third-order valence-electron chi connectivity index (χ3n) is 3.16. The van der Waals surface area contributed by atoms with Crippen LogP contribution in [0, 0.1) is 5.92 Å². The summed E-state index contributed by atoms with van der Waals surface area (Å²) < 4.78 is 5.33. The van der Waals surface area contributed by atoms with Crippen LogP contribution in [-0.2, 0) is 17.8 Å². The zero-order valence-corrected chi connectivity index (χ0v) is 13.5. The molecule has 0 aliphatic carbocycles. The molecular formula is C14H24N4O2S. The molecule has 118 valence electrons. The van der Waals surface area contributed by atoms with Crippen LogP contribution in [0.2, 0.25) is 0 Å². The van der Waals surface area contributed by atoms with Crippen molar-refractivity contribution < 1.29 is 9.53 Å². The lowest BCUT2D eigenvalue weighted by Crippen LogP contribution is -2.37. The molecule has 2 amide bonds. The molecule has 1 aromatic heterocycles. The minimum absolute atomic E-state index is 0.131. The Morgan fingerprint density at radius 2 is 2.19 bits per heavy atom. The Bertz CT molecular complexity index is 444. The highest BCUT2D eigenvalue weighted by Gasteiger charge is 2.12. The summed E-state index contributed by atoms with van der Waals surface area (Å²) in [5.41, 5.74) is 1.07. The van der Waals surface area contributed by atoms with Crippen LogP contribution < -0.4 is 10.6 Å². The van der Waals surface area contributed by atoms with E-state index >= 15 is 0 Å². The van der Waals surface area contributed by atoms with Crippen molar-refractivity contribution in [3.8, 4) is 0 Å². The van der Waals surface area contributed by atoms with Crippen molar-refractivity contribution in [3.05, 3.63) is 16.1 Å². The van der Waals surface area contributed by atoms with Gasteiger partial charge in [0.25, 0.3) is 0 Å². The maximum absolute atomic E-state index is 11.6.